The Bertz CT molecular complexity index is 950. The molecule has 138 valence electrons. The monoisotopic (exact) mass is 364 g/mol. The third-order valence-electron chi connectivity index (χ3n) is 5.19. The lowest BCUT2D eigenvalue weighted by molar-refractivity contribution is -0.143. The van der Waals surface area contributed by atoms with Crippen LogP contribution in [0, 0.1) is 5.82 Å². The Morgan fingerprint density at radius 1 is 0.889 bits per heavy atom. The van der Waals surface area contributed by atoms with Crippen molar-refractivity contribution in [2.24, 2.45) is 0 Å². The standard InChI is InChI=1S/C22H21FN2O2/c23-19-7-9-20(10-8-19)24-11-13-25(14-12-24)21(22(26)27)18-6-5-16-3-1-2-4-17(16)15-18/h1-10,15,21H,11-14H2,(H,26,27). The zero-order valence-electron chi connectivity index (χ0n) is 14.9. The van der Waals surface area contributed by atoms with Crippen LogP contribution in [0.15, 0.2) is 66.7 Å². The molecule has 0 spiro atoms. The van der Waals surface area contributed by atoms with Crippen LogP contribution in [0.3, 0.4) is 0 Å². The van der Waals surface area contributed by atoms with Crippen molar-refractivity contribution in [1.29, 1.82) is 0 Å². The second-order valence-corrected chi connectivity index (χ2v) is 6.85. The average Bonchev–Trinajstić information content (AvgIpc) is 2.69. The van der Waals surface area contributed by atoms with Crippen molar-refractivity contribution in [3.8, 4) is 0 Å². The van der Waals surface area contributed by atoms with Gasteiger partial charge in [-0.1, -0.05) is 36.4 Å². The summed E-state index contributed by atoms with van der Waals surface area (Å²) >= 11 is 0. The Labute approximate surface area is 157 Å². The molecule has 5 heteroatoms. The molecule has 1 aliphatic rings. The number of halogens is 1. The number of anilines is 1. The Morgan fingerprint density at radius 2 is 1.56 bits per heavy atom. The van der Waals surface area contributed by atoms with Gasteiger partial charge in [0, 0.05) is 31.9 Å². The van der Waals surface area contributed by atoms with Gasteiger partial charge in [0.15, 0.2) is 0 Å². The Balaban J connectivity index is 1.53. The molecular weight excluding hydrogens is 343 g/mol. The number of carboxylic acid groups (broad SMARTS) is 1. The summed E-state index contributed by atoms with van der Waals surface area (Å²) in [6.07, 6.45) is 0. The lowest BCUT2D eigenvalue weighted by atomic mass is 10.00. The van der Waals surface area contributed by atoms with E-state index in [1.807, 2.05) is 47.4 Å². The molecule has 1 atom stereocenters. The first kappa shape index (κ1) is 17.5. The highest BCUT2D eigenvalue weighted by molar-refractivity contribution is 5.85. The minimum atomic E-state index is -0.833. The van der Waals surface area contributed by atoms with Crippen LogP contribution in [0.5, 0.6) is 0 Å². The molecule has 0 bridgehead atoms. The van der Waals surface area contributed by atoms with Crippen LogP contribution in [-0.4, -0.2) is 42.2 Å². The Kier molecular flexibility index (Phi) is 4.77. The third kappa shape index (κ3) is 3.64. The number of carbonyl (C=O) groups is 1. The summed E-state index contributed by atoms with van der Waals surface area (Å²) in [6.45, 7) is 2.70. The van der Waals surface area contributed by atoms with Gasteiger partial charge in [-0.2, -0.15) is 0 Å². The van der Waals surface area contributed by atoms with E-state index in [2.05, 4.69) is 4.90 Å². The minimum absolute atomic E-state index is 0.250. The summed E-state index contributed by atoms with van der Waals surface area (Å²) in [5, 5.41) is 12.0. The van der Waals surface area contributed by atoms with Crippen LogP contribution >= 0.6 is 0 Å². The van der Waals surface area contributed by atoms with E-state index in [1.165, 1.54) is 12.1 Å². The van der Waals surface area contributed by atoms with Gasteiger partial charge < -0.3 is 10.0 Å². The minimum Gasteiger partial charge on any atom is -0.480 e. The molecule has 1 saturated heterocycles. The normalized spacial score (nSPS) is 16.4. The zero-order valence-corrected chi connectivity index (χ0v) is 14.9. The number of nitrogens with zero attached hydrogens (tertiary/aromatic N) is 2. The molecule has 4 rings (SSSR count). The molecule has 1 unspecified atom stereocenters. The summed E-state index contributed by atoms with van der Waals surface area (Å²) in [7, 11) is 0. The number of piperazine rings is 1. The highest BCUT2D eigenvalue weighted by Crippen LogP contribution is 2.27. The molecule has 0 aromatic heterocycles. The number of fused-ring (bicyclic) bond motifs is 1. The first-order valence-corrected chi connectivity index (χ1v) is 9.08. The topological polar surface area (TPSA) is 43.8 Å². The SMILES string of the molecule is O=C(O)C(c1ccc2ccccc2c1)N1CCN(c2ccc(F)cc2)CC1. The number of carboxylic acids is 1. The molecule has 1 aliphatic heterocycles. The maximum absolute atomic E-state index is 13.1. The summed E-state index contributed by atoms with van der Waals surface area (Å²) in [4.78, 5) is 16.2. The number of hydrogen-bond acceptors (Lipinski definition) is 3. The highest BCUT2D eigenvalue weighted by atomic mass is 19.1. The molecule has 27 heavy (non-hydrogen) atoms. The lowest BCUT2D eigenvalue weighted by Gasteiger charge is -2.39. The smallest absolute Gasteiger partial charge is 0.325 e. The van der Waals surface area contributed by atoms with E-state index in [4.69, 9.17) is 0 Å². The fourth-order valence-corrected chi connectivity index (χ4v) is 3.78. The molecule has 1 heterocycles. The lowest BCUT2D eigenvalue weighted by Crippen LogP contribution is -2.49. The Morgan fingerprint density at radius 3 is 2.22 bits per heavy atom. The number of rotatable bonds is 4. The predicted molar refractivity (Wildman–Crippen MR) is 105 cm³/mol. The van der Waals surface area contributed by atoms with Crippen molar-refractivity contribution in [2.45, 2.75) is 6.04 Å². The molecule has 4 nitrogen and oxygen atoms in total. The van der Waals surface area contributed by atoms with Crippen LogP contribution in [0.2, 0.25) is 0 Å². The van der Waals surface area contributed by atoms with Gasteiger partial charge in [-0.05, 0) is 46.7 Å². The summed E-state index contributed by atoms with van der Waals surface area (Å²) in [5.41, 5.74) is 1.77. The quantitative estimate of drug-likeness (QED) is 0.762. The van der Waals surface area contributed by atoms with Crippen LogP contribution in [-0.2, 0) is 4.79 Å². The first-order chi connectivity index (χ1) is 13.1. The van der Waals surface area contributed by atoms with E-state index < -0.39 is 12.0 Å². The van der Waals surface area contributed by atoms with Gasteiger partial charge in [-0.25, -0.2) is 4.39 Å². The first-order valence-electron chi connectivity index (χ1n) is 9.08. The molecule has 3 aromatic carbocycles. The van der Waals surface area contributed by atoms with Gasteiger partial charge >= 0.3 is 5.97 Å². The summed E-state index contributed by atoms with van der Waals surface area (Å²) < 4.78 is 13.1. The second kappa shape index (κ2) is 7.37. The van der Waals surface area contributed by atoms with E-state index in [9.17, 15) is 14.3 Å². The number of benzene rings is 3. The Hall–Kier alpha value is -2.92. The van der Waals surface area contributed by atoms with Crippen molar-refractivity contribution in [1.82, 2.24) is 4.90 Å². The molecule has 3 aromatic rings. The molecule has 0 amide bonds. The largest absolute Gasteiger partial charge is 0.480 e. The van der Waals surface area contributed by atoms with Gasteiger partial charge in [0.2, 0.25) is 0 Å². The van der Waals surface area contributed by atoms with Gasteiger partial charge in [0.25, 0.3) is 0 Å². The number of hydrogen-bond donors (Lipinski definition) is 1. The van der Waals surface area contributed by atoms with Crippen molar-refractivity contribution in [3.05, 3.63) is 78.1 Å². The van der Waals surface area contributed by atoms with E-state index in [0.29, 0.717) is 26.2 Å². The van der Waals surface area contributed by atoms with Gasteiger partial charge in [-0.15, -0.1) is 0 Å². The van der Waals surface area contributed by atoms with Crippen molar-refractivity contribution >= 4 is 22.4 Å². The highest BCUT2D eigenvalue weighted by Gasteiger charge is 2.30. The van der Waals surface area contributed by atoms with E-state index in [1.54, 1.807) is 12.1 Å². The van der Waals surface area contributed by atoms with Crippen LogP contribution < -0.4 is 4.90 Å². The molecule has 0 saturated carbocycles. The fourth-order valence-electron chi connectivity index (χ4n) is 3.78. The third-order valence-corrected chi connectivity index (χ3v) is 5.19. The fraction of sp³-hybridized carbons (Fsp3) is 0.227. The van der Waals surface area contributed by atoms with Gasteiger partial charge in [0.1, 0.15) is 11.9 Å². The van der Waals surface area contributed by atoms with E-state index >= 15 is 0 Å². The molecule has 1 N–H and O–H groups in total. The van der Waals surface area contributed by atoms with Crippen LogP contribution in [0.25, 0.3) is 10.8 Å². The van der Waals surface area contributed by atoms with Crippen LogP contribution in [0.4, 0.5) is 10.1 Å². The maximum atomic E-state index is 13.1. The maximum Gasteiger partial charge on any atom is 0.325 e. The number of aliphatic carboxylic acids is 1. The van der Waals surface area contributed by atoms with E-state index in [-0.39, 0.29) is 5.82 Å². The molecule has 0 radical (unpaired) electrons. The van der Waals surface area contributed by atoms with Crippen molar-refractivity contribution < 1.29 is 14.3 Å². The van der Waals surface area contributed by atoms with E-state index in [0.717, 1.165) is 22.0 Å². The zero-order chi connectivity index (χ0) is 18.8. The molecule has 0 aliphatic carbocycles. The average molecular weight is 364 g/mol. The summed E-state index contributed by atoms with van der Waals surface area (Å²) in [5.74, 6) is -1.08. The van der Waals surface area contributed by atoms with Crippen LogP contribution in [0.1, 0.15) is 11.6 Å². The predicted octanol–water partition coefficient (Wildman–Crippen LogP) is 3.93. The van der Waals surface area contributed by atoms with Gasteiger partial charge in [0.05, 0.1) is 0 Å². The van der Waals surface area contributed by atoms with Crippen molar-refractivity contribution in [2.75, 3.05) is 31.1 Å². The van der Waals surface area contributed by atoms with Crippen molar-refractivity contribution in [3.63, 3.8) is 0 Å². The molecular formula is C22H21FN2O2. The molecule has 1 fully saturated rings. The van der Waals surface area contributed by atoms with Gasteiger partial charge in [-0.3, -0.25) is 9.69 Å². The summed E-state index contributed by atoms with van der Waals surface area (Å²) in [6, 6.07) is 19.6. The second-order valence-electron chi connectivity index (χ2n) is 6.85.